The van der Waals surface area contributed by atoms with Crippen molar-refractivity contribution in [2.24, 2.45) is 0 Å². The number of halogens is 2. The lowest BCUT2D eigenvalue weighted by Crippen LogP contribution is -2.19. The highest BCUT2D eigenvalue weighted by atomic mass is 32.1. The summed E-state index contributed by atoms with van der Waals surface area (Å²) in [6.07, 6.45) is 0.699. The molecule has 0 saturated heterocycles. The van der Waals surface area contributed by atoms with Crippen molar-refractivity contribution in [3.05, 3.63) is 35.4 Å². The van der Waals surface area contributed by atoms with Gasteiger partial charge < -0.3 is 5.32 Å². The first kappa shape index (κ1) is 11.5. The highest BCUT2D eigenvalue weighted by Crippen LogP contribution is 2.08. The van der Waals surface area contributed by atoms with E-state index in [1.54, 1.807) is 6.07 Å². The molecule has 78 valence electrons. The van der Waals surface area contributed by atoms with Crippen LogP contribution in [0.25, 0.3) is 0 Å². The molecule has 1 rings (SSSR count). The van der Waals surface area contributed by atoms with E-state index in [2.05, 4.69) is 17.9 Å². The Hall–Kier alpha value is -0.610. The molecule has 1 aromatic rings. The molecule has 0 amide bonds. The molecular weight excluding hydrogens is 204 g/mol. The van der Waals surface area contributed by atoms with Crippen LogP contribution in [0.1, 0.15) is 5.56 Å². The number of benzene rings is 1. The van der Waals surface area contributed by atoms with Crippen LogP contribution in [0.15, 0.2) is 18.2 Å². The number of hydrogen-bond donors (Lipinski definition) is 2. The van der Waals surface area contributed by atoms with Crippen molar-refractivity contribution in [3.8, 4) is 0 Å². The summed E-state index contributed by atoms with van der Waals surface area (Å²) >= 11 is 4.04. The molecule has 0 aliphatic carbocycles. The van der Waals surface area contributed by atoms with Gasteiger partial charge in [0.25, 0.3) is 0 Å². The molecule has 1 N–H and O–H groups in total. The highest BCUT2D eigenvalue weighted by molar-refractivity contribution is 7.80. The molecule has 0 aliphatic heterocycles. The summed E-state index contributed by atoms with van der Waals surface area (Å²) in [6, 6.07) is 3.99. The van der Waals surface area contributed by atoms with Crippen molar-refractivity contribution in [2.45, 2.75) is 6.42 Å². The minimum Gasteiger partial charge on any atom is -0.316 e. The van der Waals surface area contributed by atoms with E-state index in [1.807, 2.05) is 0 Å². The maximum Gasteiger partial charge on any atom is 0.159 e. The van der Waals surface area contributed by atoms with E-state index in [0.717, 1.165) is 30.5 Å². The molecule has 0 spiro atoms. The zero-order chi connectivity index (χ0) is 10.4. The van der Waals surface area contributed by atoms with E-state index in [1.165, 1.54) is 6.07 Å². The van der Waals surface area contributed by atoms with Gasteiger partial charge in [-0.05, 0) is 30.7 Å². The zero-order valence-corrected chi connectivity index (χ0v) is 8.66. The molecule has 14 heavy (non-hydrogen) atoms. The fourth-order valence-electron chi connectivity index (χ4n) is 1.13. The second-order valence-electron chi connectivity index (χ2n) is 2.97. The molecule has 1 aromatic carbocycles. The van der Waals surface area contributed by atoms with E-state index in [4.69, 9.17) is 0 Å². The molecule has 1 nitrogen and oxygen atoms in total. The molecular formula is C10H13F2NS. The van der Waals surface area contributed by atoms with E-state index in [9.17, 15) is 8.78 Å². The van der Waals surface area contributed by atoms with Gasteiger partial charge in [0, 0.05) is 12.3 Å². The van der Waals surface area contributed by atoms with Crippen molar-refractivity contribution < 1.29 is 8.78 Å². The van der Waals surface area contributed by atoms with Gasteiger partial charge in [0.2, 0.25) is 0 Å². The summed E-state index contributed by atoms with van der Waals surface area (Å²) < 4.78 is 25.3. The van der Waals surface area contributed by atoms with Crippen LogP contribution >= 0.6 is 12.6 Å². The predicted molar refractivity (Wildman–Crippen MR) is 56.8 cm³/mol. The molecule has 0 heterocycles. The van der Waals surface area contributed by atoms with Crippen LogP contribution in [-0.2, 0) is 6.42 Å². The third-order valence-electron chi connectivity index (χ3n) is 1.86. The van der Waals surface area contributed by atoms with Crippen molar-refractivity contribution in [1.29, 1.82) is 0 Å². The first-order chi connectivity index (χ1) is 6.74. The Labute approximate surface area is 87.9 Å². The number of nitrogens with one attached hydrogen (secondary N) is 1. The normalized spacial score (nSPS) is 10.5. The maximum atomic E-state index is 12.7. The molecule has 0 aliphatic rings. The lowest BCUT2D eigenvalue weighted by Gasteiger charge is -2.03. The van der Waals surface area contributed by atoms with E-state index in [0.29, 0.717) is 6.42 Å². The zero-order valence-electron chi connectivity index (χ0n) is 7.76. The van der Waals surface area contributed by atoms with Crippen molar-refractivity contribution in [3.63, 3.8) is 0 Å². The Morgan fingerprint density at radius 3 is 2.57 bits per heavy atom. The molecule has 0 radical (unpaired) electrons. The number of rotatable bonds is 5. The van der Waals surface area contributed by atoms with Crippen LogP contribution in [0.3, 0.4) is 0 Å². The molecule has 0 bridgehead atoms. The monoisotopic (exact) mass is 217 g/mol. The molecule has 4 heteroatoms. The smallest absolute Gasteiger partial charge is 0.159 e. The second-order valence-corrected chi connectivity index (χ2v) is 3.42. The van der Waals surface area contributed by atoms with E-state index >= 15 is 0 Å². The molecule has 0 atom stereocenters. The predicted octanol–water partition coefficient (Wildman–Crippen LogP) is 2.03. The van der Waals surface area contributed by atoms with Crippen molar-refractivity contribution >= 4 is 12.6 Å². The first-order valence-corrected chi connectivity index (χ1v) is 5.13. The Kier molecular flexibility index (Phi) is 4.90. The average molecular weight is 217 g/mol. The van der Waals surface area contributed by atoms with Crippen molar-refractivity contribution in [1.82, 2.24) is 5.32 Å². The third-order valence-corrected chi connectivity index (χ3v) is 2.09. The van der Waals surface area contributed by atoms with Crippen LogP contribution < -0.4 is 5.32 Å². The summed E-state index contributed by atoms with van der Waals surface area (Å²) in [4.78, 5) is 0. The van der Waals surface area contributed by atoms with E-state index < -0.39 is 11.6 Å². The van der Waals surface area contributed by atoms with E-state index in [-0.39, 0.29) is 0 Å². The minimum atomic E-state index is -0.794. The largest absolute Gasteiger partial charge is 0.316 e. The van der Waals surface area contributed by atoms with Gasteiger partial charge in [0.05, 0.1) is 0 Å². The summed E-state index contributed by atoms with van der Waals surface area (Å²) in [5.41, 5.74) is 0.801. The maximum absolute atomic E-state index is 12.7. The van der Waals surface area contributed by atoms with Gasteiger partial charge in [0.1, 0.15) is 0 Å². The lowest BCUT2D eigenvalue weighted by molar-refractivity contribution is 0.506. The molecule has 0 fully saturated rings. The van der Waals surface area contributed by atoms with Crippen LogP contribution in [0, 0.1) is 11.6 Å². The van der Waals surface area contributed by atoms with Crippen LogP contribution in [-0.4, -0.2) is 18.8 Å². The van der Waals surface area contributed by atoms with Gasteiger partial charge in [-0.3, -0.25) is 0 Å². The standard InChI is InChI=1S/C10H13F2NS/c11-9-2-1-8(7-10(9)12)3-4-13-5-6-14/h1-2,7,13-14H,3-6H2. The second kappa shape index (κ2) is 5.98. The summed E-state index contributed by atoms with van der Waals surface area (Å²) in [6.45, 7) is 1.58. The Morgan fingerprint density at radius 1 is 1.14 bits per heavy atom. The first-order valence-electron chi connectivity index (χ1n) is 4.49. The fraction of sp³-hybridized carbons (Fsp3) is 0.400. The van der Waals surface area contributed by atoms with Gasteiger partial charge in [0.15, 0.2) is 11.6 Å². The Bertz CT molecular complexity index is 291. The molecule has 0 unspecified atom stereocenters. The quantitative estimate of drug-likeness (QED) is 0.568. The topological polar surface area (TPSA) is 12.0 Å². The summed E-state index contributed by atoms with van der Waals surface area (Å²) in [7, 11) is 0. The van der Waals surface area contributed by atoms with Gasteiger partial charge >= 0.3 is 0 Å². The molecule has 0 aromatic heterocycles. The third kappa shape index (κ3) is 3.64. The number of hydrogen-bond acceptors (Lipinski definition) is 2. The fourth-order valence-corrected chi connectivity index (χ4v) is 1.29. The lowest BCUT2D eigenvalue weighted by atomic mass is 10.1. The van der Waals surface area contributed by atoms with Gasteiger partial charge in [-0.2, -0.15) is 12.6 Å². The highest BCUT2D eigenvalue weighted by Gasteiger charge is 2.01. The van der Waals surface area contributed by atoms with Crippen molar-refractivity contribution in [2.75, 3.05) is 18.8 Å². The molecule has 0 saturated carbocycles. The Morgan fingerprint density at radius 2 is 1.93 bits per heavy atom. The average Bonchev–Trinajstić information content (AvgIpc) is 2.18. The summed E-state index contributed by atoms with van der Waals surface area (Å²) in [5, 5.41) is 3.13. The number of thiol groups is 1. The van der Waals surface area contributed by atoms with Crippen LogP contribution in [0.2, 0.25) is 0 Å². The van der Waals surface area contributed by atoms with Gasteiger partial charge in [-0.25, -0.2) is 8.78 Å². The van der Waals surface area contributed by atoms with Crippen LogP contribution in [0.4, 0.5) is 8.78 Å². The van der Waals surface area contributed by atoms with Gasteiger partial charge in [-0.15, -0.1) is 0 Å². The SMILES string of the molecule is Fc1ccc(CCNCCS)cc1F. The summed E-state index contributed by atoms with van der Waals surface area (Å²) in [5.74, 6) is -0.800. The Balaban J connectivity index is 2.39. The minimum absolute atomic E-state index is 0.699. The van der Waals surface area contributed by atoms with Gasteiger partial charge in [-0.1, -0.05) is 6.07 Å². The van der Waals surface area contributed by atoms with Crippen LogP contribution in [0.5, 0.6) is 0 Å².